The molecule has 120 valence electrons. The molecule has 0 aliphatic carbocycles. The van der Waals surface area contributed by atoms with Gasteiger partial charge in [0.2, 0.25) is 0 Å². The fraction of sp³-hybridized carbons (Fsp3) is 0.600. The van der Waals surface area contributed by atoms with Crippen LogP contribution in [-0.4, -0.2) is 59.9 Å². The molecule has 1 amide bonds. The van der Waals surface area contributed by atoms with Crippen LogP contribution < -0.4 is 26.1 Å². The monoisotopic (exact) mass is 414 g/mol. The predicted octanol–water partition coefficient (Wildman–Crippen LogP) is -1.48. The number of nitrogens with zero attached hydrogens (tertiary/aromatic N) is 3. The van der Waals surface area contributed by atoms with Gasteiger partial charge in [-0.3, -0.25) is 0 Å². The van der Waals surface area contributed by atoms with Gasteiger partial charge in [0, 0.05) is 0 Å². The standard InChI is InChI=1S/C15H22BIN3O2/c1-15(2,3)22-14(21)20-6-4-19(5-7-20)13-8-12(17-11-16)9-18-10-13/h8-10H,4-7,11H2,1-3H3/q-1. The Kier molecular flexibility index (Phi) is 5.94. The van der Waals surface area contributed by atoms with Gasteiger partial charge < -0.3 is 0 Å². The molecule has 2 radical (unpaired) electrons. The molecular weight excluding hydrogens is 392 g/mol. The number of hydrogen-bond acceptors (Lipinski definition) is 4. The van der Waals surface area contributed by atoms with E-state index >= 15 is 0 Å². The quantitative estimate of drug-likeness (QED) is 0.344. The van der Waals surface area contributed by atoms with Gasteiger partial charge in [0.1, 0.15) is 0 Å². The summed E-state index contributed by atoms with van der Waals surface area (Å²) in [6.07, 6.45) is 3.56. The molecule has 1 aromatic heterocycles. The molecule has 0 unspecified atom stereocenters. The van der Waals surface area contributed by atoms with Crippen LogP contribution in [0.1, 0.15) is 20.8 Å². The van der Waals surface area contributed by atoms with Crippen LogP contribution in [-0.2, 0) is 4.74 Å². The number of aromatic nitrogens is 1. The number of carbonyl (C=O) groups excluding carboxylic acids is 1. The number of ether oxygens (including phenoxy) is 1. The van der Waals surface area contributed by atoms with Crippen LogP contribution in [0.5, 0.6) is 0 Å². The summed E-state index contributed by atoms with van der Waals surface area (Å²) in [7, 11) is 5.64. The zero-order valence-corrected chi connectivity index (χ0v) is 15.5. The third-order valence-corrected chi connectivity index (χ3v) is 5.13. The molecule has 2 heterocycles. The van der Waals surface area contributed by atoms with Crippen molar-refractivity contribution in [3.05, 3.63) is 22.0 Å². The summed E-state index contributed by atoms with van der Waals surface area (Å²) < 4.78 is 7.41. The van der Waals surface area contributed by atoms with Crippen LogP contribution in [0.25, 0.3) is 0 Å². The van der Waals surface area contributed by atoms with E-state index in [1.165, 1.54) is 3.57 Å². The van der Waals surface area contributed by atoms with Crippen LogP contribution >= 0.6 is 0 Å². The van der Waals surface area contributed by atoms with Crippen LogP contribution in [0.4, 0.5) is 10.5 Å². The molecule has 0 saturated carbocycles. The topological polar surface area (TPSA) is 45.7 Å². The predicted molar refractivity (Wildman–Crippen MR) is 83.6 cm³/mol. The fourth-order valence-corrected chi connectivity index (χ4v) is 3.62. The second-order valence-electron chi connectivity index (χ2n) is 6.10. The van der Waals surface area contributed by atoms with Gasteiger partial charge >= 0.3 is 144 Å². The fourth-order valence-electron chi connectivity index (χ4n) is 2.21. The molecule has 2 rings (SSSR count). The summed E-state index contributed by atoms with van der Waals surface area (Å²) >= 11 is -0.141. The second-order valence-corrected chi connectivity index (χ2v) is 8.99. The number of amides is 1. The van der Waals surface area contributed by atoms with E-state index in [9.17, 15) is 4.79 Å². The molecule has 1 aliphatic rings. The van der Waals surface area contributed by atoms with Crippen molar-refractivity contribution in [3.63, 3.8) is 0 Å². The number of alkyl halides is 1. The van der Waals surface area contributed by atoms with Crippen molar-refractivity contribution in [1.29, 1.82) is 0 Å². The van der Waals surface area contributed by atoms with Gasteiger partial charge in [0.25, 0.3) is 0 Å². The van der Waals surface area contributed by atoms with E-state index in [1.54, 1.807) is 4.90 Å². The van der Waals surface area contributed by atoms with E-state index in [4.69, 9.17) is 12.6 Å². The Morgan fingerprint density at radius 1 is 1.32 bits per heavy atom. The summed E-state index contributed by atoms with van der Waals surface area (Å²) in [4.78, 5) is 20.4. The molecule has 1 saturated heterocycles. The van der Waals surface area contributed by atoms with Crippen LogP contribution in [0.15, 0.2) is 18.5 Å². The van der Waals surface area contributed by atoms with E-state index in [-0.39, 0.29) is 27.3 Å². The van der Waals surface area contributed by atoms with E-state index in [2.05, 4.69) is 16.0 Å². The zero-order chi connectivity index (χ0) is 16.2. The molecule has 1 aliphatic heterocycles. The molecule has 1 aromatic rings. The molecule has 0 bridgehead atoms. The summed E-state index contributed by atoms with van der Waals surface area (Å²) in [5.74, 6) is 0. The maximum absolute atomic E-state index is 12.1. The molecule has 0 spiro atoms. The Bertz CT molecular complexity index is 514. The Labute approximate surface area is 144 Å². The van der Waals surface area contributed by atoms with Gasteiger partial charge in [0.15, 0.2) is 0 Å². The molecular formula is C15H22BIN3O2-. The summed E-state index contributed by atoms with van der Waals surface area (Å²) in [6.45, 7) is 8.60. The number of hydrogen-bond donors (Lipinski definition) is 0. The third kappa shape index (κ3) is 5.03. The van der Waals surface area contributed by atoms with E-state index in [1.807, 2.05) is 33.2 Å². The minimum absolute atomic E-state index is 0.141. The second kappa shape index (κ2) is 7.52. The number of pyridine rings is 1. The van der Waals surface area contributed by atoms with Crippen molar-refractivity contribution in [3.8, 4) is 0 Å². The molecule has 1 fully saturated rings. The van der Waals surface area contributed by atoms with Crippen molar-refractivity contribution < 1.29 is 30.7 Å². The number of carbonyl (C=O) groups is 1. The average molecular weight is 414 g/mol. The van der Waals surface area contributed by atoms with Gasteiger partial charge in [-0.1, -0.05) is 0 Å². The normalized spacial score (nSPS) is 16.0. The van der Waals surface area contributed by atoms with Crippen LogP contribution in [0, 0.1) is 3.57 Å². The van der Waals surface area contributed by atoms with Gasteiger partial charge in [0.05, 0.1) is 0 Å². The van der Waals surface area contributed by atoms with Crippen LogP contribution in [0.2, 0.25) is 0 Å². The Morgan fingerprint density at radius 2 is 2.00 bits per heavy atom. The third-order valence-electron chi connectivity index (χ3n) is 3.22. The zero-order valence-electron chi connectivity index (χ0n) is 13.4. The molecule has 5 nitrogen and oxygen atoms in total. The minimum atomic E-state index is -0.446. The average Bonchev–Trinajstić information content (AvgIpc) is 2.46. The number of rotatable bonds is 3. The van der Waals surface area contributed by atoms with Gasteiger partial charge in [-0.15, -0.1) is 0 Å². The van der Waals surface area contributed by atoms with Crippen molar-refractivity contribution >= 4 is 19.6 Å². The summed E-state index contributed by atoms with van der Waals surface area (Å²) in [5, 5.41) is 0. The first-order chi connectivity index (χ1) is 10.4. The molecule has 22 heavy (non-hydrogen) atoms. The van der Waals surface area contributed by atoms with E-state index < -0.39 is 5.60 Å². The first kappa shape index (κ1) is 17.4. The van der Waals surface area contributed by atoms with Crippen molar-refractivity contribution in [2.45, 2.75) is 26.4 Å². The Morgan fingerprint density at radius 3 is 2.59 bits per heavy atom. The van der Waals surface area contributed by atoms with Gasteiger partial charge in [-0.05, 0) is 0 Å². The number of piperazine rings is 1. The van der Waals surface area contributed by atoms with Gasteiger partial charge in [-0.2, -0.15) is 0 Å². The summed E-state index contributed by atoms with van der Waals surface area (Å²) in [6, 6.07) is 2.18. The Balaban J connectivity index is 1.92. The summed E-state index contributed by atoms with van der Waals surface area (Å²) in [5.41, 5.74) is 0.674. The van der Waals surface area contributed by atoms with E-state index in [0.717, 1.165) is 23.1 Å². The maximum atomic E-state index is 12.1. The van der Waals surface area contributed by atoms with E-state index in [0.29, 0.717) is 13.1 Å². The van der Waals surface area contributed by atoms with Crippen molar-refractivity contribution in [2.24, 2.45) is 0 Å². The van der Waals surface area contributed by atoms with Crippen molar-refractivity contribution in [2.75, 3.05) is 35.4 Å². The molecule has 0 N–H and O–H groups in total. The Hall–Kier alpha value is -0.985. The van der Waals surface area contributed by atoms with Crippen molar-refractivity contribution in [1.82, 2.24) is 9.88 Å². The van der Waals surface area contributed by atoms with Gasteiger partial charge in [-0.25, -0.2) is 0 Å². The number of anilines is 1. The first-order valence-electron chi connectivity index (χ1n) is 7.36. The number of halogens is 1. The SMILES string of the molecule is [B]C[I-]c1cncc(N2CCN(C(=O)OC(C)(C)C)CC2)c1. The van der Waals surface area contributed by atoms with Crippen LogP contribution in [0.3, 0.4) is 0 Å². The molecule has 0 atom stereocenters. The first-order valence-corrected chi connectivity index (χ1v) is 9.96. The molecule has 0 aromatic carbocycles. The molecule has 7 heteroatoms.